The second-order valence-electron chi connectivity index (χ2n) is 5.60. The molecule has 2 rings (SSSR count). The molecule has 1 aliphatic heterocycles. The third-order valence-electron chi connectivity index (χ3n) is 3.88. The average molecular weight is 265 g/mol. The highest BCUT2D eigenvalue weighted by atomic mass is 16.5. The molecule has 0 bridgehead atoms. The Morgan fingerprint density at radius 3 is 2.68 bits per heavy atom. The smallest absolute Gasteiger partial charge is 0.152 e. The maximum atomic E-state index is 12.4. The van der Waals surface area contributed by atoms with Crippen molar-refractivity contribution in [2.45, 2.75) is 32.2 Å². The highest BCUT2D eigenvalue weighted by Crippen LogP contribution is 2.20. The van der Waals surface area contributed by atoms with Gasteiger partial charge >= 0.3 is 0 Å². The van der Waals surface area contributed by atoms with Crippen LogP contribution in [0.25, 0.3) is 0 Å². The third kappa shape index (κ3) is 3.42. The predicted molar refractivity (Wildman–Crippen MR) is 73.0 cm³/mol. The van der Waals surface area contributed by atoms with Gasteiger partial charge in [-0.2, -0.15) is 5.10 Å². The Kier molecular flexibility index (Phi) is 4.37. The normalized spacial score (nSPS) is 17.6. The van der Waals surface area contributed by atoms with Crippen LogP contribution in [0.1, 0.15) is 25.8 Å². The van der Waals surface area contributed by atoms with E-state index in [0.29, 0.717) is 12.2 Å². The number of carbonyl (C=O) groups is 1. The van der Waals surface area contributed by atoms with Crippen molar-refractivity contribution in [2.24, 2.45) is 7.05 Å². The van der Waals surface area contributed by atoms with Gasteiger partial charge in [0.05, 0.1) is 24.9 Å². The van der Waals surface area contributed by atoms with Gasteiger partial charge in [0.15, 0.2) is 5.78 Å². The third-order valence-corrected chi connectivity index (χ3v) is 3.88. The Morgan fingerprint density at radius 2 is 2.11 bits per heavy atom. The summed E-state index contributed by atoms with van der Waals surface area (Å²) >= 11 is 0. The largest absolute Gasteiger partial charge is 0.379 e. The second kappa shape index (κ2) is 5.84. The molecule has 1 saturated heterocycles. The van der Waals surface area contributed by atoms with Crippen molar-refractivity contribution in [3.63, 3.8) is 0 Å². The molecule has 5 heteroatoms. The molecule has 0 radical (unpaired) electrons. The molecular weight excluding hydrogens is 242 g/mol. The molecule has 1 aliphatic rings. The number of ketones is 1. The van der Waals surface area contributed by atoms with Crippen molar-refractivity contribution >= 4 is 5.78 Å². The lowest BCUT2D eigenvalue weighted by atomic mass is 9.92. The Hall–Kier alpha value is -1.20. The highest BCUT2D eigenvalue weighted by Gasteiger charge is 2.34. The van der Waals surface area contributed by atoms with Gasteiger partial charge in [-0.3, -0.25) is 14.4 Å². The fourth-order valence-corrected chi connectivity index (χ4v) is 2.46. The van der Waals surface area contributed by atoms with Crippen LogP contribution in [0, 0.1) is 0 Å². The number of carbonyl (C=O) groups excluding carboxylic acids is 1. The summed E-state index contributed by atoms with van der Waals surface area (Å²) < 4.78 is 7.11. The van der Waals surface area contributed by atoms with E-state index in [4.69, 9.17) is 4.74 Å². The summed E-state index contributed by atoms with van der Waals surface area (Å²) in [4.78, 5) is 14.7. The van der Waals surface area contributed by atoms with Crippen LogP contribution in [-0.2, 0) is 23.0 Å². The zero-order valence-electron chi connectivity index (χ0n) is 12.1. The molecule has 1 aromatic rings. The lowest BCUT2D eigenvalue weighted by Crippen LogP contribution is -2.54. The summed E-state index contributed by atoms with van der Waals surface area (Å²) in [5, 5.41) is 4.13. The van der Waals surface area contributed by atoms with Gasteiger partial charge in [0.1, 0.15) is 0 Å². The highest BCUT2D eigenvalue weighted by molar-refractivity contribution is 5.87. The molecular formula is C14H23N3O2. The number of aromatic nitrogens is 2. The van der Waals surface area contributed by atoms with Crippen molar-refractivity contribution in [2.75, 3.05) is 26.3 Å². The average Bonchev–Trinajstić information content (AvgIpc) is 2.82. The van der Waals surface area contributed by atoms with Gasteiger partial charge in [-0.05, 0) is 25.8 Å². The van der Waals surface area contributed by atoms with Crippen LogP contribution >= 0.6 is 0 Å². The zero-order valence-corrected chi connectivity index (χ0v) is 12.1. The fourth-order valence-electron chi connectivity index (χ4n) is 2.46. The first-order valence-corrected chi connectivity index (χ1v) is 6.84. The standard InChI is InChI=1S/C14H23N3O2/c1-14(2,17-6-8-19-9-7-17)13(18)5-4-12-10-15-16(3)11-12/h10-11H,4-9H2,1-3H3. The molecule has 0 saturated carbocycles. The first-order valence-electron chi connectivity index (χ1n) is 6.84. The number of rotatable bonds is 5. The molecule has 0 atom stereocenters. The monoisotopic (exact) mass is 265 g/mol. The first kappa shape index (κ1) is 14.2. The molecule has 1 aromatic heterocycles. The Balaban J connectivity index is 1.90. The maximum Gasteiger partial charge on any atom is 0.152 e. The van der Waals surface area contributed by atoms with Gasteiger partial charge < -0.3 is 4.74 Å². The molecule has 106 valence electrons. The summed E-state index contributed by atoms with van der Waals surface area (Å²) in [6.45, 7) is 7.16. The van der Waals surface area contributed by atoms with E-state index in [1.807, 2.05) is 33.3 Å². The summed E-state index contributed by atoms with van der Waals surface area (Å²) in [6.07, 6.45) is 5.13. The van der Waals surface area contributed by atoms with E-state index < -0.39 is 5.54 Å². The number of hydrogen-bond acceptors (Lipinski definition) is 4. The van der Waals surface area contributed by atoms with E-state index in [1.54, 1.807) is 4.68 Å². The molecule has 0 unspecified atom stereocenters. The van der Waals surface area contributed by atoms with E-state index in [1.165, 1.54) is 0 Å². The SMILES string of the molecule is Cn1cc(CCC(=O)C(C)(C)N2CCOCC2)cn1. The van der Waals surface area contributed by atoms with E-state index in [9.17, 15) is 4.79 Å². The molecule has 0 amide bonds. The lowest BCUT2D eigenvalue weighted by Gasteiger charge is -2.39. The number of hydrogen-bond donors (Lipinski definition) is 0. The maximum absolute atomic E-state index is 12.4. The van der Waals surface area contributed by atoms with Crippen molar-refractivity contribution in [3.8, 4) is 0 Å². The first-order chi connectivity index (χ1) is 9.00. The summed E-state index contributed by atoms with van der Waals surface area (Å²) in [5.74, 6) is 0.290. The van der Waals surface area contributed by atoms with Gasteiger partial charge in [0, 0.05) is 32.8 Å². The van der Waals surface area contributed by atoms with Crippen LogP contribution in [0.15, 0.2) is 12.4 Å². The van der Waals surface area contributed by atoms with Crippen molar-refractivity contribution in [1.82, 2.24) is 14.7 Å². The lowest BCUT2D eigenvalue weighted by molar-refractivity contribution is -0.132. The molecule has 0 N–H and O–H groups in total. The number of Topliss-reactive ketones (excluding diaryl/α,β-unsaturated/α-hetero) is 1. The Bertz CT molecular complexity index is 434. The van der Waals surface area contributed by atoms with Gasteiger partial charge in [-0.15, -0.1) is 0 Å². The number of aryl methyl sites for hydroxylation is 2. The van der Waals surface area contributed by atoms with Crippen molar-refractivity contribution in [3.05, 3.63) is 18.0 Å². The second-order valence-corrected chi connectivity index (χ2v) is 5.60. The summed E-state index contributed by atoms with van der Waals surface area (Å²) in [5.41, 5.74) is 0.722. The van der Waals surface area contributed by atoms with Crippen LogP contribution in [0.5, 0.6) is 0 Å². The summed E-state index contributed by atoms with van der Waals surface area (Å²) in [6, 6.07) is 0. The Labute approximate surface area is 114 Å². The Morgan fingerprint density at radius 1 is 1.42 bits per heavy atom. The van der Waals surface area contributed by atoms with Gasteiger partial charge in [0.2, 0.25) is 0 Å². The minimum absolute atomic E-state index is 0.290. The van der Waals surface area contributed by atoms with Crippen LogP contribution < -0.4 is 0 Å². The quantitative estimate of drug-likeness (QED) is 0.798. The van der Waals surface area contributed by atoms with Gasteiger partial charge in [-0.1, -0.05) is 0 Å². The van der Waals surface area contributed by atoms with Crippen LogP contribution in [0.4, 0.5) is 0 Å². The molecule has 0 aliphatic carbocycles. The number of nitrogens with zero attached hydrogens (tertiary/aromatic N) is 3. The van der Waals surface area contributed by atoms with Crippen molar-refractivity contribution < 1.29 is 9.53 Å². The minimum Gasteiger partial charge on any atom is -0.379 e. The van der Waals surface area contributed by atoms with Crippen LogP contribution in [-0.4, -0.2) is 52.3 Å². The van der Waals surface area contributed by atoms with Crippen molar-refractivity contribution in [1.29, 1.82) is 0 Å². The van der Waals surface area contributed by atoms with E-state index in [-0.39, 0.29) is 0 Å². The van der Waals surface area contributed by atoms with Gasteiger partial charge in [-0.25, -0.2) is 0 Å². The molecule has 5 nitrogen and oxygen atoms in total. The van der Waals surface area contributed by atoms with Gasteiger partial charge in [0.25, 0.3) is 0 Å². The molecule has 0 spiro atoms. The van der Waals surface area contributed by atoms with Crippen LogP contribution in [0.2, 0.25) is 0 Å². The van der Waals surface area contributed by atoms with E-state index >= 15 is 0 Å². The minimum atomic E-state index is -0.397. The topological polar surface area (TPSA) is 47.4 Å². The van der Waals surface area contributed by atoms with E-state index in [2.05, 4.69) is 10.00 Å². The number of ether oxygens (including phenoxy) is 1. The molecule has 1 fully saturated rings. The molecule has 2 heterocycles. The van der Waals surface area contributed by atoms with E-state index in [0.717, 1.165) is 38.3 Å². The zero-order chi connectivity index (χ0) is 13.9. The predicted octanol–water partition coefficient (Wildman–Crippen LogP) is 1.03. The number of morpholine rings is 1. The molecule has 0 aromatic carbocycles. The summed E-state index contributed by atoms with van der Waals surface area (Å²) in [7, 11) is 1.89. The molecule has 19 heavy (non-hydrogen) atoms. The van der Waals surface area contributed by atoms with Crippen LogP contribution in [0.3, 0.4) is 0 Å². The fraction of sp³-hybridized carbons (Fsp3) is 0.714.